The molecule has 2 heterocycles. The van der Waals surface area contributed by atoms with Crippen LogP contribution in [0.25, 0.3) is 10.9 Å². The van der Waals surface area contributed by atoms with Crippen LogP contribution in [0.2, 0.25) is 0 Å². The molecule has 4 heteroatoms. The summed E-state index contributed by atoms with van der Waals surface area (Å²) in [6.45, 7) is 11.5. The average Bonchev–Trinajstić information content (AvgIpc) is 2.51. The van der Waals surface area contributed by atoms with Crippen LogP contribution in [-0.4, -0.2) is 41.0 Å². The molecule has 0 saturated carbocycles. The van der Waals surface area contributed by atoms with Gasteiger partial charge in [-0.25, -0.2) is 9.97 Å². The Morgan fingerprint density at radius 1 is 1.17 bits per heavy atom. The van der Waals surface area contributed by atoms with E-state index in [1.807, 2.05) is 0 Å². The topological polar surface area (TPSA) is 41.1 Å². The van der Waals surface area contributed by atoms with Gasteiger partial charge in [0.15, 0.2) is 0 Å². The number of nitrogens with zero attached hydrogens (tertiary/aromatic N) is 3. The zero-order valence-electron chi connectivity index (χ0n) is 14.5. The molecule has 1 saturated heterocycles. The van der Waals surface area contributed by atoms with Gasteiger partial charge in [-0.2, -0.15) is 0 Å². The van der Waals surface area contributed by atoms with Crippen LogP contribution >= 0.6 is 0 Å². The van der Waals surface area contributed by atoms with Gasteiger partial charge in [0.2, 0.25) is 0 Å². The summed E-state index contributed by atoms with van der Waals surface area (Å²) in [5.41, 5.74) is 2.25. The minimum Gasteiger partial charge on any atom is -0.369 e. The van der Waals surface area contributed by atoms with Crippen LogP contribution < -0.4 is 5.32 Å². The molecular formula is C19H28N4. The van der Waals surface area contributed by atoms with Crippen LogP contribution in [0.3, 0.4) is 0 Å². The zero-order chi connectivity index (χ0) is 16.2. The fourth-order valence-corrected chi connectivity index (χ4v) is 3.80. The molecule has 3 rings (SSSR count). The minimum absolute atomic E-state index is 0.834. The second-order valence-corrected chi connectivity index (χ2v) is 7.23. The lowest BCUT2D eigenvalue weighted by molar-refractivity contribution is 0.141. The van der Waals surface area contributed by atoms with E-state index in [1.165, 1.54) is 31.6 Å². The predicted octanol–water partition coefficient (Wildman–Crippen LogP) is 3.72. The van der Waals surface area contributed by atoms with E-state index in [0.717, 1.165) is 41.5 Å². The number of anilines is 1. The molecule has 2 unspecified atom stereocenters. The van der Waals surface area contributed by atoms with E-state index in [0.29, 0.717) is 0 Å². The first kappa shape index (κ1) is 16.2. The van der Waals surface area contributed by atoms with E-state index in [-0.39, 0.29) is 0 Å². The summed E-state index contributed by atoms with van der Waals surface area (Å²) < 4.78 is 0. The lowest BCUT2D eigenvalue weighted by Crippen LogP contribution is -2.39. The number of hydrogen-bond acceptors (Lipinski definition) is 4. The Morgan fingerprint density at radius 3 is 2.74 bits per heavy atom. The Labute approximate surface area is 139 Å². The molecule has 2 atom stereocenters. The van der Waals surface area contributed by atoms with Crippen molar-refractivity contribution in [3.63, 3.8) is 0 Å². The molecule has 0 spiro atoms. The molecule has 4 nitrogen and oxygen atoms in total. The number of piperidine rings is 1. The number of benzene rings is 1. The summed E-state index contributed by atoms with van der Waals surface area (Å²) in [6.07, 6.45) is 4.17. The minimum atomic E-state index is 0.834. The van der Waals surface area contributed by atoms with Gasteiger partial charge in [0, 0.05) is 25.0 Å². The summed E-state index contributed by atoms with van der Waals surface area (Å²) in [6, 6.07) is 6.32. The first-order valence-corrected chi connectivity index (χ1v) is 8.79. The standard InChI is InChI=1S/C19H28N4/c1-14-5-6-18-17(10-14)19(22-13-21-18)20-7-4-8-23-11-15(2)9-16(3)12-23/h5-6,10,13,15-16H,4,7-9,11-12H2,1-3H3,(H,20,21,22). The lowest BCUT2D eigenvalue weighted by Gasteiger charge is -2.34. The Morgan fingerprint density at radius 2 is 1.96 bits per heavy atom. The summed E-state index contributed by atoms with van der Waals surface area (Å²) >= 11 is 0. The summed E-state index contributed by atoms with van der Waals surface area (Å²) in [4.78, 5) is 11.4. The number of hydrogen-bond donors (Lipinski definition) is 1. The lowest BCUT2D eigenvalue weighted by atomic mass is 9.92. The summed E-state index contributed by atoms with van der Waals surface area (Å²) in [5, 5.41) is 4.62. The maximum atomic E-state index is 4.42. The first-order chi connectivity index (χ1) is 11.1. The van der Waals surface area contributed by atoms with E-state index in [4.69, 9.17) is 0 Å². The largest absolute Gasteiger partial charge is 0.369 e. The number of aromatic nitrogens is 2. The van der Waals surface area contributed by atoms with E-state index < -0.39 is 0 Å². The number of rotatable bonds is 5. The average molecular weight is 312 g/mol. The molecule has 0 radical (unpaired) electrons. The first-order valence-electron chi connectivity index (χ1n) is 8.79. The summed E-state index contributed by atoms with van der Waals surface area (Å²) in [7, 11) is 0. The Balaban J connectivity index is 1.54. The third-order valence-electron chi connectivity index (χ3n) is 4.68. The second-order valence-electron chi connectivity index (χ2n) is 7.23. The maximum Gasteiger partial charge on any atom is 0.137 e. The van der Waals surface area contributed by atoms with E-state index in [2.05, 4.69) is 59.2 Å². The molecule has 0 aliphatic carbocycles. The van der Waals surface area contributed by atoms with Gasteiger partial charge in [-0.05, 0) is 50.3 Å². The number of likely N-dealkylation sites (tertiary alicyclic amines) is 1. The highest BCUT2D eigenvalue weighted by Crippen LogP contribution is 2.22. The molecule has 1 aliphatic heterocycles. The van der Waals surface area contributed by atoms with Gasteiger partial charge in [0.05, 0.1) is 5.52 Å². The van der Waals surface area contributed by atoms with Crippen LogP contribution in [0.1, 0.15) is 32.3 Å². The van der Waals surface area contributed by atoms with E-state index in [1.54, 1.807) is 6.33 Å². The highest BCUT2D eigenvalue weighted by molar-refractivity contribution is 5.89. The highest BCUT2D eigenvalue weighted by Gasteiger charge is 2.20. The van der Waals surface area contributed by atoms with Crippen LogP contribution in [0.5, 0.6) is 0 Å². The molecule has 2 aromatic rings. The number of fused-ring (bicyclic) bond motifs is 1. The van der Waals surface area contributed by atoms with Crippen molar-refractivity contribution in [2.24, 2.45) is 11.8 Å². The Bertz CT molecular complexity index is 645. The van der Waals surface area contributed by atoms with Gasteiger partial charge in [-0.15, -0.1) is 0 Å². The molecule has 1 fully saturated rings. The van der Waals surface area contributed by atoms with Gasteiger partial charge in [-0.1, -0.05) is 25.5 Å². The normalized spacial score (nSPS) is 22.4. The van der Waals surface area contributed by atoms with Gasteiger partial charge < -0.3 is 10.2 Å². The summed E-state index contributed by atoms with van der Waals surface area (Å²) in [5.74, 6) is 2.63. The van der Waals surface area contributed by atoms with Gasteiger partial charge in [-0.3, -0.25) is 0 Å². The molecule has 0 bridgehead atoms. The second kappa shape index (κ2) is 7.26. The van der Waals surface area contributed by atoms with Crippen LogP contribution in [0.15, 0.2) is 24.5 Å². The van der Waals surface area contributed by atoms with Gasteiger partial charge in [0.25, 0.3) is 0 Å². The van der Waals surface area contributed by atoms with Gasteiger partial charge >= 0.3 is 0 Å². The Hall–Kier alpha value is -1.68. The molecule has 1 aliphatic rings. The molecule has 1 aromatic heterocycles. The highest BCUT2D eigenvalue weighted by atomic mass is 15.1. The van der Waals surface area contributed by atoms with Crippen molar-refractivity contribution >= 4 is 16.7 Å². The van der Waals surface area contributed by atoms with E-state index in [9.17, 15) is 0 Å². The van der Waals surface area contributed by atoms with Crippen LogP contribution in [0, 0.1) is 18.8 Å². The quantitative estimate of drug-likeness (QED) is 0.854. The SMILES string of the molecule is Cc1ccc2ncnc(NCCCN3CC(C)CC(C)C3)c2c1. The van der Waals surface area contributed by atoms with Crippen molar-refractivity contribution in [1.82, 2.24) is 14.9 Å². The monoisotopic (exact) mass is 312 g/mol. The van der Waals surface area contributed by atoms with Gasteiger partial charge in [0.1, 0.15) is 12.1 Å². The van der Waals surface area contributed by atoms with Crippen LogP contribution in [0.4, 0.5) is 5.82 Å². The Kier molecular flexibility index (Phi) is 5.11. The third kappa shape index (κ3) is 4.20. The third-order valence-corrected chi connectivity index (χ3v) is 4.68. The molecule has 0 amide bonds. The van der Waals surface area contributed by atoms with Crippen molar-refractivity contribution in [3.8, 4) is 0 Å². The molecule has 124 valence electrons. The van der Waals surface area contributed by atoms with E-state index >= 15 is 0 Å². The molecule has 1 aromatic carbocycles. The number of aryl methyl sites for hydroxylation is 1. The van der Waals surface area contributed by atoms with Crippen molar-refractivity contribution in [2.75, 3.05) is 31.5 Å². The van der Waals surface area contributed by atoms with Crippen LogP contribution in [-0.2, 0) is 0 Å². The van der Waals surface area contributed by atoms with Crippen molar-refractivity contribution < 1.29 is 0 Å². The zero-order valence-corrected chi connectivity index (χ0v) is 14.5. The van der Waals surface area contributed by atoms with Crippen molar-refractivity contribution in [2.45, 2.75) is 33.6 Å². The fraction of sp³-hybridized carbons (Fsp3) is 0.579. The smallest absolute Gasteiger partial charge is 0.137 e. The maximum absolute atomic E-state index is 4.42. The van der Waals surface area contributed by atoms with Crippen molar-refractivity contribution in [1.29, 1.82) is 0 Å². The molecular weight excluding hydrogens is 284 g/mol. The number of nitrogens with one attached hydrogen (secondary N) is 1. The molecule has 23 heavy (non-hydrogen) atoms. The molecule has 1 N–H and O–H groups in total. The fourth-order valence-electron chi connectivity index (χ4n) is 3.80. The van der Waals surface area contributed by atoms with Crippen molar-refractivity contribution in [3.05, 3.63) is 30.1 Å². The predicted molar refractivity (Wildman–Crippen MR) is 96.8 cm³/mol.